The molecule has 1 heterocycles. The number of rotatable bonds is 2. The zero-order valence-electron chi connectivity index (χ0n) is 6.58. The average molecular weight is 166 g/mol. The standard InChI is InChI=1S/C7H10N4O/c8-3-6(4-9)11-7-5-10-1-2-12-7/h6-7,10-11H,1-2,5H2. The predicted molar refractivity (Wildman–Crippen MR) is 40.8 cm³/mol. The number of morpholine rings is 1. The van der Waals surface area contributed by atoms with Crippen molar-refractivity contribution in [1.29, 1.82) is 10.5 Å². The predicted octanol–water partition coefficient (Wildman–Crippen LogP) is -1.06. The summed E-state index contributed by atoms with van der Waals surface area (Å²) in [6.07, 6.45) is -0.219. The van der Waals surface area contributed by atoms with Gasteiger partial charge < -0.3 is 10.1 Å². The van der Waals surface area contributed by atoms with Crippen molar-refractivity contribution in [3.63, 3.8) is 0 Å². The fourth-order valence-corrected chi connectivity index (χ4v) is 0.962. The Balaban J connectivity index is 2.30. The summed E-state index contributed by atoms with van der Waals surface area (Å²) >= 11 is 0. The molecule has 1 atom stereocenters. The van der Waals surface area contributed by atoms with E-state index in [9.17, 15) is 0 Å². The Kier molecular flexibility index (Phi) is 3.49. The summed E-state index contributed by atoms with van der Waals surface area (Å²) in [5, 5.41) is 22.7. The highest BCUT2D eigenvalue weighted by Crippen LogP contribution is 1.93. The molecular formula is C7H10N4O. The molecule has 1 fully saturated rings. The molecule has 0 radical (unpaired) electrons. The van der Waals surface area contributed by atoms with Crippen molar-refractivity contribution in [3.05, 3.63) is 0 Å². The number of ether oxygens (including phenoxy) is 1. The lowest BCUT2D eigenvalue weighted by molar-refractivity contribution is 0.00619. The number of hydrogen-bond acceptors (Lipinski definition) is 5. The van der Waals surface area contributed by atoms with E-state index < -0.39 is 6.04 Å². The molecule has 0 amide bonds. The van der Waals surface area contributed by atoms with Crippen LogP contribution >= 0.6 is 0 Å². The molecule has 2 N–H and O–H groups in total. The van der Waals surface area contributed by atoms with Gasteiger partial charge in [-0.15, -0.1) is 0 Å². The van der Waals surface area contributed by atoms with Gasteiger partial charge in [0.2, 0.25) is 0 Å². The van der Waals surface area contributed by atoms with Crippen molar-refractivity contribution < 1.29 is 4.74 Å². The van der Waals surface area contributed by atoms with Gasteiger partial charge >= 0.3 is 0 Å². The third kappa shape index (κ3) is 2.48. The first-order chi connectivity index (χ1) is 5.86. The molecular weight excluding hydrogens is 156 g/mol. The Morgan fingerprint density at radius 1 is 1.50 bits per heavy atom. The number of nitrogens with one attached hydrogen (secondary N) is 2. The lowest BCUT2D eigenvalue weighted by Gasteiger charge is -2.24. The highest BCUT2D eigenvalue weighted by atomic mass is 16.5. The van der Waals surface area contributed by atoms with Crippen molar-refractivity contribution in [3.8, 4) is 12.1 Å². The molecule has 1 unspecified atom stereocenters. The monoisotopic (exact) mass is 166 g/mol. The van der Waals surface area contributed by atoms with Gasteiger partial charge in [-0.3, -0.25) is 5.32 Å². The van der Waals surface area contributed by atoms with Crippen LogP contribution in [0.5, 0.6) is 0 Å². The molecule has 0 aromatic carbocycles. The van der Waals surface area contributed by atoms with E-state index in [0.717, 1.165) is 6.54 Å². The van der Waals surface area contributed by atoms with E-state index in [1.807, 2.05) is 12.1 Å². The summed E-state index contributed by atoms with van der Waals surface area (Å²) in [4.78, 5) is 0. The maximum atomic E-state index is 8.45. The zero-order valence-corrected chi connectivity index (χ0v) is 6.58. The maximum absolute atomic E-state index is 8.45. The van der Waals surface area contributed by atoms with Crippen LogP contribution in [-0.2, 0) is 4.74 Å². The number of nitrogens with zero attached hydrogens (tertiary/aromatic N) is 2. The SMILES string of the molecule is N#CC(C#N)NC1CNCCO1. The number of nitriles is 2. The van der Waals surface area contributed by atoms with Crippen molar-refractivity contribution in [1.82, 2.24) is 10.6 Å². The first kappa shape index (κ1) is 8.95. The van der Waals surface area contributed by atoms with Crippen molar-refractivity contribution in [2.24, 2.45) is 0 Å². The van der Waals surface area contributed by atoms with Gasteiger partial charge in [0, 0.05) is 13.1 Å². The second kappa shape index (κ2) is 4.68. The van der Waals surface area contributed by atoms with E-state index in [0.29, 0.717) is 13.2 Å². The van der Waals surface area contributed by atoms with E-state index in [4.69, 9.17) is 15.3 Å². The maximum Gasteiger partial charge on any atom is 0.185 e. The van der Waals surface area contributed by atoms with Crippen molar-refractivity contribution >= 4 is 0 Å². The highest BCUT2D eigenvalue weighted by Gasteiger charge is 2.16. The second-order valence-electron chi connectivity index (χ2n) is 2.42. The summed E-state index contributed by atoms with van der Waals surface area (Å²) in [6.45, 7) is 2.07. The minimum absolute atomic E-state index is 0.219. The Morgan fingerprint density at radius 2 is 2.25 bits per heavy atom. The van der Waals surface area contributed by atoms with Crippen LogP contribution in [0.4, 0.5) is 0 Å². The van der Waals surface area contributed by atoms with Crippen LogP contribution in [0.25, 0.3) is 0 Å². The summed E-state index contributed by atoms with van der Waals surface area (Å²) in [7, 11) is 0. The molecule has 0 bridgehead atoms. The summed E-state index contributed by atoms with van der Waals surface area (Å²) in [5.74, 6) is 0. The molecule has 0 saturated carbocycles. The molecule has 1 aliphatic heterocycles. The molecule has 1 aliphatic rings. The molecule has 12 heavy (non-hydrogen) atoms. The Labute approximate surface area is 70.9 Å². The molecule has 0 aliphatic carbocycles. The molecule has 0 aromatic rings. The van der Waals surface area contributed by atoms with Crippen molar-refractivity contribution in [2.75, 3.05) is 19.7 Å². The second-order valence-corrected chi connectivity index (χ2v) is 2.42. The van der Waals surface area contributed by atoms with Gasteiger partial charge in [0.05, 0.1) is 18.7 Å². The van der Waals surface area contributed by atoms with E-state index in [1.54, 1.807) is 0 Å². The summed E-state index contributed by atoms with van der Waals surface area (Å²) in [6, 6.07) is 2.86. The van der Waals surface area contributed by atoms with Crippen LogP contribution in [0, 0.1) is 22.7 Å². The third-order valence-electron chi connectivity index (χ3n) is 1.54. The minimum atomic E-state index is -0.783. The van der Waals surface area contributed by atoms with E-state index in [1.165, 1.54) is 0 Å². The normalized spacial score (nSPS) is 23.1. The van der Waals surface area contributed by atoms with Gasteiger partial charge in [0.15, 0.2) is 6.04 Å². The van der Waals surface area contributed by atoms with Crippen LogP contribution in [0.1, 0.15) is 0 Å². The number of hydrogen-bond donors (Lipinski definition) is 2. The fraction of sp³-hybridized carbons (Fsp3) is 0.714. The first-order valence-electron chi connectivity index (χ1n) is 3.74. The van der Waals surface area contributed by atoms with Crippen LogP contribution in [-0.4, -0.2) is 32.0 Å². The van der Waals surface area contributed by atoms with Crippen LogP contribution in [0.2, 0.25) is 0 Å². The summed E-state index contributed by atoms with van der Waals surface area (Å²) in [5.41, 5.74) is 0. The fourth-order valence-electron chi connectivity index (χ4n) is 0.962. The molecule has 5 heteroatoms. The van der Waals surface area contributed by atoms with E-state index in [-0.39, 0.29) is 6.23 Å². The Hall–Kier alpha value is -1.14. The zero-order chi connectivity index (χ0) is 8.81. The van der Waals surface area contributed by atoms with E-state index >= 15 is 0 Å². The topological polar surface area (TPSA) is 80.9 Å². The lowest BCUT2D eigenvalue weighted by Crippen LogP contribution is -2.49. The highest BCUT2D eigenvalue weighted by molar-refractivity contribution is 5.06. The molecule has 5 nitrogen and oxygen atoms in total. The smallest absolute Gasteiger partial charge is 0.185 e. The Bertz CT molecular complexity index is 196. The Morgan fingerprint density at radius 3 is 2.75 bits per heavy atom. The van der Waals surface area contributed by atoms with Gasteiger partial charge in [-0.1, -0.05) is 0 Å². The third-order valence-corrected chi connectivity index (χ3v) is 1.54. The van der Waals surface area contributed by atoms with Gasteiger partial charge in [0.25, 0.3) is 0 Å². The molecule has 0 spiro atoms. The molecule has 64 valence electrons. The first-order valence-corrected chi connectivity index (χ1v) is 3.74. The van der Waals surface area contributed by atoms with Gasteiger partial charge in [-0.05, 0) is 0 Å². The lowest BCUT2D eigenvalue weighted by atomic mass is 10.3. The quantitative estimate of drug-likeness (QED) is 0.546. The van der Waals surface area contributed by atoms with Gasteiger partial charge in [-0.2, -0.15) is 10.5 Å². The van der Waals surface area contributed by atoms with Crippen LogP contribution in [0.15, 0.2) is 0 Å². The van der Waals surface area contributed by atoms with Crippen molar-refractivity contribution in [2.45, 2.75) is 12.3 Å². The molecule has 0 aromatic heterocycles. The largest absolute Gasteiger partial charge is 0.361 e. The summed E-state index contributed by atoms with van der Waals surface area (Å²) < 4.78 is 5.24. The molecule has 1 rings (SSSR count). The average Bonchev–Trinajstić information content (AvgIpc) is 2.16. The van der Waals surface area contributed by atoms with Crippen LogP contribution < -0.4 is 10.6 Å². The van der Waals surface area contributed by atoms with E-state index in [2.05, 4.69) is 10.6 Å². The van der Waals surface area contributed by atoms with Gasteiger partial charge in [0.1, 0.15) is 6.23 Å². The molecule has 1 saturated heterocycles. The van der Waals surface area contributed by atoms with Gasteiger partial charge in [-0.25, -0.2) is 0 Å². The van der Waals surface area contributed by atoms with Crippen LogP contribution in [0.3, 0.4) is 0 Å². The minimum Gasteiger partial charge on any atom is -0.361 e.